The van der Waals surface area contributed by atoms with Crippen molar-refractivity contribution in [3.63, 3.8) is 0 Å². The van der Waals surface area contributed by atoms with Crippen LogP contribution in [0.4, 0.5) is 5.69 Å². The molecule has 0 heterocycles. The molecule has 1 aromatic rings. The van der Waals surface area contributed by atoms with Gasteiger partial charge in [0.1, 0.15) is 0 Å². The Balaban J connectivity index is 2.73. The third kappa shape index (κ3) is 4.49. The maximum absolute atomic E-state index is 12.4. The van der Waals surface area contributed by atoms with Gasteiger partial charge in [-0.3, -0.25) is 4.79 Å². The summed E-state index contributed by atoms with van der Waals surface area (Å²) >= 11 is 0. The summed E-state index contributed by atoms with van der Waals surface area (Å²) in [6, 6.07) is 9.66. The molecule has 0 aromatic heterocycles. The van der Waals surface area contributed by atoms with Crippen molar-refractivity contribution in [3.05, 3.63) is 43.0 Å². The van der Waals surface area contributed by atoms with E-state index in [2.05, 4.69) is 31.5 Å². The van der Waals surface area contributed by atoms with Crippen LogP contribution in [0.2, 0.25) is 25.2 Å². The number of para-hydroxylation sites is 1. The van der Waals surface area contributed by atoms with Gasteiger partial charge in [0, 0.05) is 11.2 Å². The average molecular weight is 261 g/mol. The molecule has 0 fully saturated rings. The molecule has 0 bridgehead atoms. The van der Waals surface area contributed by atoms with Gasteiger partial charge in [0.25, 0.3) is 0 Å². The summed E-state index contributed by atoms with van der Waals surface area (Å²) in [5.74, 6) is 0.155. The van der Waals surface area contributed by atoms with Gasteiger partial charge in [0.05, 0.1) is 8.07 Å². The normalized spacial score (nSPS) is 12.8. The van der Waals surface area contributed by atoms with Gasteiger partial charge in [-0.2, -0.15) is 0 Å². The zero-order chi connectivity index (χ0) is 13.6. The van der Waals surface area contributed by atoms with Gasteiger partial charge in [-0.1, -0.05) is 43.9 Å². The number of carbonyl (C=O) groups excluding carboxylic acids is 1. The molecule has 0 saturated heterocycles. The van der Waals surface area contributed by atoms with E-state index in [4.69, 9.17) is 0 Å². The Bertz CT molecular complexity index is 395. The Kier molecular flexibility index (Phi) is 5.35. The van der Waals surface area contributed by atoms with Crippen LogP contribution in [-0.2, 0) is 4.79 Å². The highest BCUT2D eigenvalue weighted by Crippen LogP contribution is 2.28. The second-order valence-corrected chi connectivity index (χ2v) is 11.1. The monoisotopic (exact) mass is 261 g/mol. The summed E-state index contributed by atoms with van der Waals surface area (Å²) in [7, 11) is -1.50. The van der Waals surface area contributed by atoms with E-state index in [1.54, 1.807) is 0 Å². The molecule has 1 aromatic carbocycles. The van der Waals surface area contributed by atoms with E-state index < -0.39 is 8.07 Å². The van der Waals surface area contributed by atoms with Crippen LogP contribution in [0, 0.1) is 0 Å². The molecule has 1 amide bonds. The van der Waals surface area contributed by atoms with E-state index in [0.29, 0.717) is 0 Å². The van der Waals surface area contributed by atoms with Gasteiger partial charge in [0.15, 0.2) is 0 Å². The molecule has 1 rings (SSSR count). The lowest BCUT2D eigenvalue weighted by Crippen LogP contribution is -2.36. The number of hydrogen-bond donors (Lipinski definition) is 1. The number of benzene rings is 1. The molecular weight excluding hydrogens is 238 g/mol. The van der Waals surface area contributed by atoms with Crippen molar-refractivity contribution in [2.75, 3.05) is 5.32 Å². The minimum absolute atomic E-state index is 0.135. The summed E-state index contributed by atoms with van der Waals surface area (Å²) < 4.78 is 0. The van der Waals surface area contributed by atoms with Crippen molar-refractivity contribution in [2.45, 2.75) is 38.0 Å². The molecule has 1 atom stereocenters. The Labute approximate surface area is 111 Å². The van der Waals surface area contributed by atoms with Crippen LogP contribution in [0.15, 0.2) is 43.0 Å². The van der Waals surface area contributed by atoms with Crippen LogP contribution in [0.5, 0.6) is 0 Å². The number of anilines is 1. The lowest BCUT2D eigenvalue weighted by atomic mass is 10.2. The Hall–Kier alpha value is -1.35. The second-order valence-electron chi connectivity index (χ2n) is 5.64. The lowest BCUT2D eigenvalue weighted by molar-refractivity contribution is -0.116. The van der Waals surface area contributed by atoms with Gasteiger partial charge < -0.3 is 5.32 Å². The summed E-state index contributed by atoms with van der Waals surface area (Å²) in [4.78, 5) is 12.4. The largest absolute Gasteiger partial charge is 0.326 e. The van der Waals surface area contributed by atoms with E-state index in [0.717, 1.165) is 18.5 Å². The molecule has 0 radical (unpaired) electrons. The highest BCUT2D eigenvalue weighted by atomic mass is 28.3. The molecular formula is C15H23NOSi. The van der Waals surface area contributed by atoms with E-state index in [1.807, 2.05) is 36.4 Å². The molecule has 0 aliphatic heterocycles. The van der Waals surface area contributed by atoms with Gasteiger partial charge in [-0.15, -0.1) is 6.58 Å². The number of allylic oxidation sites excluding steroid dienone is 1. The zero-order valence-corrected chi connectivity index (χ0v) is 12.6. The number of amides is 1. The standard InChI is InChI=1S/C15H23NOSi/c1-5-6-12-14(18(2,3)4)15(17)16-13-10-8-7-9-11-13/h5,7-11,14H,1,6,12H2,2-4H3,(H,16,17). The van der Waals surface area contributed by atoms with Crippen molar-refractivity contribution < 1.29 is 4.79 Å². The van der Waals surface area contributed by atoms with E-state index in [9.17, 15) is 4.79 Å². The van der Waals surface area contributed by atoms with Gasteiger partial charge in [0.2, 0.25) is 5.91 Å². The zero-order valence-electron chi connectivity index (χ0n) is 11.6. The summed E-state index contributed by atoms with van der Waals surface area (Å²) in [5, 5.41) is 3.02. The van der Waals surface area contributed by atoms with Crippen LogP contribution in [0.3, 0.4) is 0 Å². The maximum atomic E-state index is 12.4. The smallest absolute Gasteiger partial charge is 0.224 e. The molecule has 98 valence electrons. The third-order valence-corrected chi connectivity index (χ3v) is 5.70. The van der Waals surface area contributed by atoms with E-state index in [1.165, 1.54) is 0 Å². The quantitative estimate of drug-likeness (QED) is 0.600. The highest BCUT2D eigenvalue weighted by Gasteiger charge is 2.32. The first-order valence-electron chi connectivity index (χ1n) is 6.42. The fraction of sp³-hybridized carbons (Fsp3) is 0.400. The maximum Gasteiger partial charge on any atom is 0.224 e. The molecule has 0 spiro atoms. The molecule has 2 nitrogen and oxygen atoms in total. The predicted octanol–water partition coefficient (Wildman–Crippen LogP) is 4.30. The minimum atomic E-state index is -1.50. The van der Waals surface area contributed by atoms with Crippen molar-refractivity contribution in [3.8, 4) is 0 Å². The third-order valence-electron chi connectivity index (χ3n) is 3.06. The van der Waals surface area contributed by atoms with Crippen LogP contribution >= 0.6 is 0 Å². The number of nitrogens with one attached hydrogen (secondary N) is 1. The molecule has 0 aliphatic carbocycles. The van der Waals surface area contributed by atoms with Crippen LogP contribution in [0.1, 0.15) is 12.8 Å². The first-order valence-corrected chi connectivity index (χ1v) is 9.99. The molecule has 1 unspecified atom stereocenters. The number of carbonyl (C=O) groups is 1. The van der Waals surface area contributed by atoms with Crippen molar-refractivity contribution in [1.29, 1.82) is 0 Å². The minimum Gasteiger partial charge on any atom is -0.326 e. The molecule has 1 N–H and O–H groups in total. The number of rotatable bonds is 6. The number of hydrogen-bond acceptors (Lipinski definition) is 1. The first-order chi connectivity index (χ1) is 8.45. The van der Waals surface area contributed by atoms with Crippen molar-refractivity contribution in [2.24, 2.45) is 0 Å². The Morgan fingerprint density at radius 3 is 2.44 bits per heavy atom. The second kappa shape index (κ2) is 6.54. The van der Waals surface area contributed by atoms with Crippen LogP contribution in [-0.4, -0.2) is 14.0 Å². The summed E-state index contributed by atoms with van der Waals surface area (Å²) in [5.41, 5.74) is 1.01. The summed E-state index contributed by atoms with van der Waals surface area (Å²) in [6.45, 7) is 10.5. The highest BCUT2D eigenvalue weighted by molar-refractivity contribution is 6.80. The predicted molar refractivity (Wildman–Crippen MR) is 81.6 cm³/mol. The van der Waals surface area contributed by atoms with Crippen LogP contribution < -0.4 is 5.32 Å². The van der Waals surface area contributed by atoms with Gasteiger partial charge in [-0.05, 0) is 25.0 Å². The van der Waals surface area contributed by atoms with Crippen LogP contribution in [0.25, 0.3) is 0 Å². The lowest BCUT2D eigenvalue weighted by Gasteiger charge is -2.27. The molecule has 0 aliphatic rings. The SMILES string of the molecule is C=CCCC(C(=O)Nc1ccccc1)[Si](C)(C)C. The molecule has 18 heavy (non-hydrogen) atoms. The van der Waals surface area contributed by atoms with Gasteiger partial charge in [-0.25, -0.2) is 0 Å². The fourth-order valence-corrected chi connectivity index (χ4v) is 3.88. The Morgan fingerprint density at radius 1 is 1.33 bits per heavy atom. The van der Waals surface area contributed by atoms with E-state index in [-0.39, 0.29) is 11.4 Å². The fourth-order valence-electron chi connectivity index (χ4n) is 1.99. The summed E-state index contributed by atoms with van der Waals surface area (Å²) in [6.07, 6.45) is 3.69. The Morgan fingerprint density at radius 2 is 1.94 bits per heavy atom. The first kappa shape index (κ1) is 14.7. The topological polar surface area (TPSA) is 29.1 Å². The molecule has 0 saturated carbocycles. The molecule has 3 heteroatoms. The van der Waals surface area contributed by atoms with E-state index >= 15 is 0 Å². The van der Waals surface area contributed by atoms with Gasteiger partial charge >= 0.3 is 0 Å². The van der Waals surface area contributed by atoms with Crippen molar-refractivity contribution in [1.82, 2.24) is 0 Å². The van der Waals surface area contributed by atoms with Crippen molar-refractivity contribution >= 4 is 19.7 Å². The average Bonchev–Trinajstić information content (AvgIpc) is 2.29.